The number of carbonyl (C=O) groups excluding carboxylic acids is 1. The summed E-state index contributed by atoms with van der Waals surface area (Å²) in [5.74, 6) is -0.510. The van der Waals surface area contributed by atoms with Crippen LogP contribution in [0.15, 0.2) is 101 Å². The van der Waals surface area contributed by atoms with Crippen molar-refractivity contribution in [1.82, 2.24) is 10.2 Å². The van der Waals surface area contributed by atoms with Gasteiger partial charge in [-0.25, -0.2) is 4.79 Å². The molecule has 1 atom stereocenters. The van der Waals surface area contributed by atoms with Gasteiger partial charge in [0.2, 0.25) is 0 Å². The molecule has 0 spiro atoms. The van der Waals surface area contributed by atoms with Crippen LogP contribution in [0.2, 0.25) is 0 Å². The van der Waals surface area contributed by atoms with E-state index < -0.39 is 11.5 Å². The standard InChI is InChI=1S/C27H23N3O3/c1-3-7-18-9-4-11-20-15-22(27(32)33-24(18)20)26(31)28-21-12-5-10-19(14-21)23-16-30-13-6-8-17(2)25(30)29-23/h3-6,8-16,25,29H,1,7H2,2H3,(H,28,31). The van der Waals surface area contributed by atoms with Gasteiger partial charge in [0.25, 0.3) is 5.91 Å². The molecule has 0 saturated heterocycles. The molecule has 3 heterocycles. The van der Waals surface area contributed by atoms with Crippen molar-refractivity contribution in [1.29, 1.82) is 0 Å². The van der Waals surface area contributed by atoms with Crippen LogP contribution >= 0.6 is 0 Å². The second kappa shape index (κ2) is 8.31. The molecule has 2 N–H and O–H groups in total. The van der Waals surface area contributed by atoms with Crippen LogP contribution in [-0.2, 0) is 6.42 Å². The summed E-state index contributed by atoms with van der Waals surface area (Å²) in [6.07, 6.45) is 10.6. The van der Waals surface area contributed by atoms with Gasteiger partial charge in [0.1, 0.15) is 17.3 Å². The van der Waals surface area contributed by atoms with Gasteiger partial charge in [-0.1, -0.05) is 42.5 Å². The van der Waals surface area contributed by atoms with E-state index >= 15 is 0 Å². The molecule has 0 aliphatic carbocycles. The highest BCUT2D eigenvalue weighted by Crippen LogP contribution is 2.28. The molecule has 1 amide bonds. The van der Waals surface area contributed by atoms with Crippen LogP contribution in [0.4, 0.5) is 5.69 Å². The van der Waals surface area contributed by atoms with Crippen molar-refractivity contribution in [3.63, 3.8) is 0 Å². The van der Waals surface area contributed by atoms with Crippen LogP contribution in [0.5, 0.6) is 0 Å². The molecule has 0 saturated carbocycles. The van der Waals surface area contributed by atoms with Crippen molar-refractivity contribution >= 4 is 28.3 Å². The van der Waals surface area contributed by atoms with E-state index in [9.17, 15) is 9.59 Å². The third kappa shape index (κ3) is 3.87. The van der Waals surface area contributed by atoms with E-state index in [1.807, 2.05) is 54.9 Å². The van der Waals surface area contributed by atoms with Gasteiger partial charge in [-0.3, -0.25) is 4.79 Å². The number of fused-ring (bicyclic) bond motifs is 2. The molecule has 2 aliphatic rings. The third-order valence-electron chi connectivity index (χ3n) is 5.80. The van der Waals surface area contributed by atoms with Crippen LogP contribution in [0, 0.1) is 0 Å². The highest BCUT2D eigenvalue weighted by atomic mass is 16.4. The lowest BCUT2D eigenvalue weighted by molar-refractivity contribution is 0.102. The van der Waals surface area contributed by atoms with Crippen molar-refractivity contribution in [2.45, 2.75) is 19.5 Å². The number of nitrogens with zero attached hydrogens (tertiary/aromatic N) is 1. The highest BCUT2D eigenvalue weighted by Gasteiger charge is 2.25. The minimum Gasteiger partial charge on any atom is -0.422 e. The van der Waals surface area contributed by atoms with E-state index in [-0.39, 0.29) is 11.7 Å². The van der Waals surface area contributed by atoms with Crippen molar-refractivity contribution in [3.05, 3.63) is 118 Å². The van der Waals surface area contributed by atoms with Crippen molar-refractivity contribution in [2.75, 3.05) is 5.32 Å². The Bertz CT molecular complexity index is 1430. The number of para-hydroxylation sites is 1. The Hall–Kier alpha value is -4.32. The first-order valence-electron chi connectivity index (χ1n) is 10.7. The number of anilines is 1. The smallest absolute Gasteiger partial charge is 0.349 e. The minimum absolute atomic E-state index is 0.0371. The number of hydrogen-bond donors (Lipinski definition) is 2. The molecule has 2 aromatic carbocycles. The van der Waals surface area contributed by atoms with Crippen LogP contribution in [0.1, 0.15) is 28.4 Å². The summed E-state index contributed by atoms with van der Waals surface area (Å²) in [7, 11) is 0. The Balaban J connectivity index is 1.40. The fourth-order valence-electron chi connectivity index (χ4n) is 4.15. The molecule has 0 radical (unpaired) electrons. The molecule has 5 rings (SSSR count). The number of amides is 1. The number of nitrogens with one attached hydrogen (secondary N) is 2. The Labute approximate surface area is 191 Å². The van der Waals surface area contributed by atoms with Crippen molar-refractivity contribution in [2.24, 2.45) is 0 Å². The summed E-state index contributed by atoms with van der Waals surface area (Å²) < 4.78 is 5.50. The minimum atomic E-state index is -0.668. The van der Waals surface area contributed by atoms with E-state index in [1.165, 1.54) is 5.57 Å². The average molecular weight is 437 g/mol. The molecule has 0 fully saturated rings. The molecule has 1 aromatic heterocycles. The van der Waals surface area contributed by atoms with E-state index in [4.69, 9.17) is 4.42 Å². The largest absolute Gasteiger partial charge is 0.422 e. The first kappa shape index (κ1) is 20.6. The van der Waals surface area contributed by atoms with E-state index in [2.05, 4.69) is 35.1 Å². The quantitative estimate of drug-likeness (QED) is 0.444. The van der Waals surface area contributed by atoms with Crippen LogP contribution in [0.3, 0.4) is 0 Å². The second-order valence-corrected chi connectivity index (χ2v) is 8.10. The lowest BCUT2D eigenvalue weighted by Crippen LogP contribution is -2.35. The summed E-state index contributed by atoms with van der Waals surface area (Å²) >= 11 is 0. The summed E-state index contributed by atoms with van der Waals surface area (Å²) in [5.41, 5.74) is 4.32. The van der Waals surface area contributed by atoms with E-state index in [1.54, 1.807) is 18.2 Å². The van der Waals surface area contributed by atoms with E-state index in [0.29, 0.717) is 23.1 Å². The molecule has 3 aromatic rings. The van der Waals surface area contributed by atoms with Gasteiger partial charge >= 0.3 is 5.63 Å². The molecular formula is C27H23N3O3. The first-order chi connectivity index (χ1) is 16.0. The molecule has 0 bridgehead atoms. The van der Waals surface area contributed by atoms with Gasteiger partial charge in [-0.2, -0.15) is 0 Å². The summed E-state index contributed by atoms with van der Waals surface area (Å²) in [6.45, 7) is 5.82. The van der Waals surface area contributed by atoms with E-state index in [0.717, 1.165) is 16.8 Å². The van der Waals surface area contributed by atoms with Crippen molar-refractivity contribution < 1.29 is 9.21 Å². The Morgan fingerprint density at radius 2 is 2.09 bits per heavy atom. The molecule has 33 heavy (non-hydrogen) atoms. The number of rotatable bonds is 5. The van der Waals surface area contributed by atoms with Crippen LogP contribution < -0.4 is 16.3 Å². The number of carbonyl (C=O) groups is 1. The summed E-state index contributed by atoms with van der Waals surface area (Å²) in [4.78, 5) is 27.6. The monoisotopic (exact) mass is 437 g/mol. The topological polar surface area (TPSA) is 74.6 Å². The maximum atomic E-state index is 12.9. The van der Waals surface area contributed by atoms with Gasteiger partial charge < -0.3 is 20.0 Å². The molecule has 6 nitrogen and oxygen atoms in total. The predicted molar refractivity (Wildman–Crippen MR) is 130 cm³/mol. The fourth-order valence-corrected chi connectivity index (χ4v) is 4.15. The Kier molecular flexibility index (Phi) is 5.18. The number of hydrogen-bond acceptors (Lipinski definition) is 5. The second-order valence-electron chi connectivity index (χ2n) is 8.10. The van der Waals surface area contributed by atoms with Gasteiger partial charge in [-0.15, -0.1) is 6.58 Å². The number of benzene rings is 2. The van der Waals surface area contributed by atoms with Gasteiger partial charge in [0, 0.05) is 29.0 Å². The molecular weight excluding hydrogens is 414 g/mol. The zero-order valence-electron chi connectivity index (χ0n) is 18.2. The molecule has 1 unspecified atom stereocenters. The zero-order chi connectivity index (χ0) is 22.9. The maximum absolute atomic E-state index is 12.9. The summed E-state index contributed by atoms with van der Waals surface area (Å²) in [5, 5.41) is 7.02. The Morgan fingerprint density at radius 3 is 2.91 bits per heavy atom. The first-order valence-corrected chi connectivity index (χ1v) is 10.7. The van der Waals surface area contributed by atoms with Gasteiger partial charge in [0.05, 0.1) is 5.70 Å². The maximum Gasteiger partial charge on any atom is 0.349 e. The molecule has 6 heteroatoms. The lowest BCUT2D eigenvalue weighted by Gasteiger charge is -2.25. The Morgan fingerprint density at radius 1 is 1.24 bits per heavy atom. The predicted octanol–water partition coefficient (Wildman–Crippen LogP) is 4.78. The van der Waals surface area contributed by atoms with Crippen molar-refractivity contribution in [3.8, 4) is 0 Å². The average Bonchev–Trinajstić information content (AvgIpc) is 3.25. The lowest BCUT2D eigenvalue weighted by atomic mass is 10.1. The highest BCUT2D eigenvalue weighted by molar-refractivity contribution is 6.05. The third-order valence-corrected chi connectivity index (χ3v) is 5.80. The number of allylic oxidation sites excluding steroid dienone is 3. The SMILES string of the molecule is C=CCc1cccc2cc(C(=O)Nc3cccc(C4=CN5C=CC=C(C)C5N4)c3)c(=O)oc12. The summed E-state index contributed by atoms with van der Waals surface area (Å²) in [6, 6.07) is 14.7. The molecule has 164 valence electrons. The van der Waals surface area contributed by atoms with Gasteiger partial charge in [0.15, 0.2) is 0 Å². The van der Waals surface area contributed by atoms with Gasteiger partial charge in [-0.05, 0) is 48.8 Å². The molecule has 2 aliphatic heterocycles. The van der Waals surface area contributed by atoms with Crippen LogP contribution in [0.25, 0.3) is 16.7 Å². The zero-order valence-corrected chi connectivity index (χ0v) is 18.2. The normalized spacial score (nSPS) is 16.6. The fraction of sp³-hybridized carbons (Fsp3) is 0.111. The van der Waals surface area contributed by atoms with Crippen LogP contribution in [-0.4, -0.2) is 17.0 Å².